The Balaban J connectivity index is 1.67. The highest BCUT2D eigenvalue weighted by Gasteiger charge is 2.30. The number of aromatic nitrogens is 1. The predicted octanol–water partition coefficient (Wildman–Crippen LogP) is 8.86. The molecule has 0 bridgehead atoms. The molecule has 4 aromatic rings. The summed E-state index contributed by atoms with van der Waals surface area (Å²) in [5, 5.41) is 2.66. The van der Waals surface area contributed by atoms with Gasteiger partial charge in [0.2, 0.25) is 0 Å². The highest BCUT2D eigenvalue weighted by molar-refractivity contribution is 6.38. The van der Waals surface area contributed by atoms with Gasteiger partial charge in [-0.25, -0.2) is 13.6 Å². The van der Waals surface area contributed by atoms with Gasteiger partial charge >= 0.3 is 6.03 Å². The van der Waals surface area contributed by atoms with Gasteiger partial charge in [0.15, 0.2) is 5.82 Å². The second kappa shape index (κ2) is 10.7. The van der Waals surface area contributed by atoms with Crippen LogP contribution in [0.15, 0.2) is 67.0 Å². The average Bonchev–Trinajstić information content (AvgIpc) is 3.22. The SMILES string of the molecule is O=C(Nc1ccccc1)N(Cl)C(=O)c1c(F)cc(-n2cc(Cl)c(-c3ccc(Cl)cc3Cl)c2)c(Cl)c1F. The Labute approximate surface area is 228 Å². The lowest BCUT2D eigenvalue weighted by Crippen LogP contribution is -2.33. The van der Waals surface area contributed by atoms with Crippen LogP contribution in [-0.4, -0.2) is 20.9 Å². The van der Waals surface area contributed by atoms with Crippen molar-refractivity contribution in [2.24, 2.45) is 0 Å². The van der Waals surface area contributed by atoms with Crippen LogP contribution in [0, 0.1) is 11.6 Å². The van der Waals surface area contributed by atoms with Gasteiger partial charge in [-0.2, -0.15) is 4.42 Å². The molecular weight excluding hydrogens is 578 g/mol. The number of carbonyl (C=O) groups is 2. The Bertz CT molecular complexity index is 1500. The number of hydrogen-bond acceptors (Lipinski definition) is 2. The molecule has 3 amide bonds. The van der Waals surface area contributed by atoms with Crippen molar-refractivity contribution in [3.8, 4) is 16.8 Å². The van der Waals surface area contributed by atoms with Crippen molar-refractivity contribution in [3.63, 3.8) is 0 Å². The van der Waals surface area contributed by atoms with Gasteiger partial charge in [0.05, 0.1) is 10.7 Å². The van der Waals surface area contributed by atoms with Gasteiger partial charge in [-0.1, -0.05) is 70.7 Å². The maximum Gasteiger partial charge on any atom is 0.343 e. The number of carbonyl (C=O) groups excluding carboxylic acids is 2. The van der Waals surface area contributed by atoms with Gasteiger partial charge < -0.3 is 9.88 Å². The molecule has 0 saturated heterocycles. The molecule has 0 atom stereocenters. The molecule has 0 aliphatic heterocycles. The minimum atomic E-state index is -1.45. The molecule has 0 spiro atoms. The van der Waals surface area contributed by atoms with Crippen molar-refractivity contribution >= 4 is 75.8 Å². The van der Waals surface area contributed by atoms with E-state index < -0.39 is 34.2 Å². The van der Waals surface area contributed by atoms with E-state index in [2.05, 4.69) is 5.32 Å². The molecule has 4 rings (SSSR count). The largest absolute Gasteiger partial charge is 0.343 e. The monoisotopic (exact) mass is 587 g/mol. The van der Waals surface area contributed by atoms with E-state index in [1.807, 2.05) is 0 Å². The highest BCUT2D eigenvalue weighted by Crippen LogP contribution is 2.38. The number of rotatable bonds is 4. The molecular formula is C24H12Cl5F2N3O2. The van der Waals surface area contributed by atoms with Crippen LogP contribution >= 0.6 is 58.2 Å². The summed E-state index contributed by atoms with van der Waals surface area (Å²) >= 11 is 30.5. The molecule has 5 nitrogen and oxygen atoms in total. The average molecular weight is 590 g/mol. The number of anilines is 1. The summed E-state index contributed by atoms with van der Waals surface area (Å²) in [6.45, 7) is 0. The number of nitrogens with zero attached hydrogens (tertiary/aromatic N) is 2. The van der Waals surface area contributed by atoms with E-state index >= 15 is 4.39 Å². The first-order chi connectivity index (χ1) is 17.1. The Morgan fingerprint density at radius 1 is 0.861 bits per heavy atom. The van der Waals surface area contributed by atoms with Crippen LogP contribution in [0.2, 0.25) is 20.1 Å². The van der Waals surface area contributed by atoms with Crippen molar-refractivity contribution in [1.82, 2.24) is 8.99 Å². The number of para-hydroxylation sites is 1. The quantitative estimate of drug-likeness (QED) is 0.191. The smallest absolute Gasteiger partial charge is 0.320 e. The number of urea groups is 1. The Morgan fingerprint density at radius 3 is 2.22 bits per heavy atom. The lowest BCUT2D eigenvalue weighted by molar-refractivity contribution is 0.0884. The van der Waals surface area contributed by atoms with Crippen LogP contribution in [0.1, 0.15) is 10.4 Å². The van der Waals surface area contributed by atoms with Crippen molar-refractivity contribution in [3.05, 3.63) is 104 Å². The van der Waals surface area contributed by atoms with Gasteiger partial charge in [-0.15, -0.1) is 0 Å². The van der Waals surface area contributed by atoms with E-state index in [1.165, 1.54) is 35.2 Å². The fourth-order valence-corrected chi connectivity index (χ4v) is 4.47. The molecule has 0 aliphatic rings. The van der Waals surface area contributed by atoms with Gasteiger partial charge in [-0.05, 0) is 24.3 Å². The minimum absolute atomic E-state index is 0.0255. The summed E-state index contributed by atoms with van der Waals surface area (Å²) in [5.74, 6) is -4.16. The maximum atomic E-state index is 15.2. The Kier molecular flexibility index (Phi) is 7.78. The molecule has 3 aromatic carbocycles. The number of benzene rings is 3. The first kappa shape index (κ1) is 26.3. The molecule has 184 valence electrons. The topological polar surface area (TPSA) is 54.3 Å². The van der Waals surface area contributed by atoms with E-state index in [0.717, 1.165) is 6.07 Å². The zero-order valence-electron chi connectivity index (χ0n) is 17.7. The van der Waals surface area contributed by atoms with Gasteiger partial charge in [0, 0.05) is 57.1 Å². The number of nitrogens with one attached hydrogen (secondary N) is 1. The first-order valence-electron chi connectivity index (χ1n) is 9.95. The minimum Gasteiger partial charge on any atom is -0.320 e. The zero-order chi connectivity index (χ0) is 26.1. The summed E-state index contributed by atoms with van der Waals surface area (Å²) in [5.41, 5.74) is 0.0182. The van der Waals surface area contributed by atoms with Crippen LogP contribution in [0.3, 0.4) is 0 Å². The molecule has 12 heteroatoms. The fraction of sp³-hybridized carbons (Fsp3) is 0. The summed E-state index contributed by atoms with van der Waals surface area (Å²) in [6, 6.07) is 12.5. The second-order valence-electron chi connectivity index (χ2n) is 7.31. The lowest BCUT2D eigenvalue weighted by Gasteiger charge is -2.16. The molecule has 0 fully saturated rings. The maximum absolute atomic E-state index is 15.2. The van der Waals surface area contributed by atoms with Crippen LogP contribution in [0.25, 0.3) is 16.8 Å². The van der Waals surface area contributed by atoms with Gasteiger partial charge in [0.1, 0.15) is 16.4 Å². The number of halogens is 7. The molecule has 1 heterocycles. The van der Waals surface area contributed by atoms with Crippen molar-refractivity contribution in [2.75, 3.05) is 5.32 Å². The number of hydrogen-bond donors (Lipinski definition) is 1. The Morgan fingerprint density at radius 2 is 1.56 bits per heavy atom. The number of imide groups is 1. The van der Waals surface area contributed by atoms with E-state index in [9.17, 15) is 14.0 Å². The van der Waals surface area contributed by atoms with Crippen LogP contribution < -0.4 is 5.32 Å². The predicted molar refractivity (Wildman–Crippen MR) is 139 cm³/mol. The third-order valence-electron chi connectivity index (χ3n) is 5.01. The summed E-state index contributed by atoms with van der Waals surface area (Å²) in [4.78, 5) is 25.0. The van der Waals surface area contributed by atoms with Gasteiger partial charge in [-0.3, -0.25) is 4.79 Å². The molecule has 0 aliphatic carbocycles. The normalized spacial score (nSPS) is 10.9. The van der Waals surface area contributed by atoms with E-state index in [-0.39, 0.29) is 15.1 Å². The standard InChI is InChI=1S/C24H12Cl5F2N3O2/c25-12-6-7-14(16(26)8-12)15-10-33(11-17(15)27)19-9-18(30)20(22(31)21(19)28)23(35)34(29)24(36)32-13-4-2-1-3-5-13/h1-11H,(H,32,36). The summed E-state index contributed by atoms with van der Waals surface area (Å²) in [6.07, 6.45) is 2.82. The molecule has 0 saturated carbocycles. The van der Waals surface area contributed by atoms with Crippen molar-refractivity contribution in [1.29, 1.82) is 0 Å². The van der Waals surface area contributed by atoms with Crippen LogP contribution in [-0.2, 0) is 0 Å². The summed E-state index contributed by atoms with van der Waals surface area (Å²) in [7, 11) is 0. The van der Waals surface area contributed by atoms with E-state index in [4.69, 9.17) is 58.2 Å². The van der Waals surface area contributed by atoms with Crippen molar-refractivity contribution < 1.29 is 18.4 Å². The molecule has 0 radical (unpaired) electrons. The third kappa shape index (κ3) is 5.16. The molecule has 36 heavy (non-hydrogen) atoms. The van der Waals surface area contributed by atoms with E-state index in [1.54, 1.807) is 30.3 Å². The van der Waals surface area contributed by atoms with Crippen molar-refractivity contribution in [2.45, 2.75) is 0 Å². The summed E-state index contributed by atoms with van der Waals surface area (Å²) < 4.78 is 31.4. The second-order valence-corrected chi connectivity index (χ2v) is 9.28. The van der Waals surface area contributed by atoms with E-state index in [0.29, 0.717) is 26.9 Å². The van der Waals surface area contributed by atoms with Gasteiger partial charge in [0.25, 0.3) is 5.91 Å². The highest BCUT2D eigenvalue weighted by atomic mass is 35.5. The lowest BCUT2D eigenvalue weighted by atomic mass is 10.1. The van der Waals surface area contributed by atoms with Crippen LogP contribution in [0.4, 0.5) is 19.3 Å². The number of amides is 3. The third-order valence-corrected chi connectivity index (χ3v) is 6.53. The molecule has 0 unspecified atom stereocenters. The van der Waals surface area contributed by atoms with Crippen LogP contribution in [0.5, 0.6) is 0 Å². The molecule has 1 aromatic heterocycles. The zero-order valence-corrected chi connectivity index (χ0v) is 21.5. The first-order valence-corrected chi connectivity index (χ1v) is 11.8. The molecule has 1 N–H and O–H groups in total. The fourth-order valence-electron chi connectivity index (χ4n) is 3.33. The Hall–Kier alpha value is -2.81.